The van der Waals surface area contributed by atoms with E-state index >= 15 is 0 Å². The third-order valence-electron chi connectivity index (χ3n) is 2.83. The molecule has 0 bridgehead atoms. The first-order valence-electron chi connectivity index (χ1n) is 5.97. The summed E-state index contributed by atoms with van der Waals surface area (Å²) in [5.74, 6) is -1.34. The lowest BCUT2D eigenvalue weighted by atomic mass is 10.1. The maximum atomic E-state index is 13.1. The fourth-order valence-electron chi connectivity index (χ4n) is 1.55. The number of hydrogen-bond donors (Lipinski definition) is 2. The topological polar surface area (TPSA) is 75.4 Å². The van der Waals surface area contributed by atoms with E-state index in [1.165, 1.54) is 17.0 Å². The summed E-state index contributed by atoms with van der Waals surface area (Å²) in [6.45, 7) is 3.94. The highest BCUT2D eigenvalue weighted by Crippen LogP contribution is 2.13. The van der Waals surface area contributed by atoms with Gasteiger partial charge in [0.25, 0.3) is 5.91 Å². The number of hydrogen-bond acceptors (Lipinski definition) is 3. The summed E-state index contributed by atoms with van der Waals surface area (Å²) in [5, 5.41) is 2.50. The lowest BCUT2D eigenvalue weighted by molar-refractivity contribution is -0.131. The van der Waals surface area contributed by atoms with E-state index in [0.29, 0.717) is 6.54 Å². The molecule has 1 unspecified atom stereocenters. The molecule has 3 N–H and O–H groups in total. The average molecular weight is 267 g/mol. The summed E-state index contributed by atoms with van der Waals surface area (Å²) in [5.41, 5.74) is 5.80. The summed E-state index contributed by atoms with van der Waals surface area (Å²) in [6.07, 6.45) is 0. The van der Waals surface area contributed by atoms with Crippen LogP contribution in [0.5, 0.6) is 0 Å². The van der Waals surface area contributed by atoms with E-state index in [1.807, 2.05) is 6.92 Å². The molecule has 1 rings (SSSR count). The SMILES string of the molecule is CCN(C)C(=O)C(C)NC(=O)c1cc(F)ccc1N. The van der Waals surface area contributed by atoms with Crippen molar-refractivity contribution in [3.05, 3.63) is 29.6 Å². The molecule has 0 fully saturated rings. The quantitative estimate of drug-likeness (QED) is 0.799. The van der Waals surface area contributed by atoms with Gasteiger partial charge >= 0.3 is 0 Å². The second-order valence-corrected chi connectivity index (χ2v) is 4.28. The molecule has 0 saturated heterocycles. The Morgan fingerprint density at radius 2 is 2.11 bits per heavy atom. The van der Waals surface area contributed by atoms with Gasteiger partial charge in [-0.15, -0.1) is 0 Å². The van der Waals surface area contributed by atoms with E-state index in [4.69, 9.17) is 5.73 Å². The fraction of sp³-hybridized carbons (Fsp3) is 0.385. The lowest BCUT2D eigenvalue weighted by Crippen LogP contribution is -2.45. The van der Waals surface area contributed by atoms with Crippen LogP contribution in [0.2, 0.25) is 0 Å². The van der Waals surface area contributed by atoms with Gasteiger partial charge < -0.3 is 16.0 Å². The van der Waals surface area contributed by atoms with E-state index in [0.717, 1.165) is 6.07 Å². The number of halogens is 1. The number of rotatable bonds is 4. The lowest BCUT2D eigenvalue weighted by Gasteiger charge is -2.20. The highest BCUT2D eigenvalue weighted by Gasteiger charge is 2.20. The van der Waals surface area contributed by atoms with Crippen LogP contribution in [0.15, 0.2) is 18.2 Å². The molecule has 5 nitrogen and oxygen atoms in total. The van der Waals surface area contributed by atoms with Gasteiger partial charge in [-0.3, -0.25) is 9.59 Å². The molecular formula is C13H18FN3O2. The van der Waals surface area contributed by atoms with E-state index in [1.54, 1.807) is 14.0 Å². The number of carbonyl (C=O) groups is 2. The number of likely N-dealkylation sites (N-methyl/N-ethyl adjacent to an activating group) is 1. The van der Waals surface area contributed by atoms with Crippen LogP contribution >= 0.6 is 0 Å². The van der Waals surface area contributed by atoms with Crippen LogP contribution in [0.4, 0.5) is 10.1 Å². The summed E-state index contributed by atoms with van der Waals surface area (Å²) in [7, 11) is 1.64. The Bertz CT molecular complexity index is 491. The van der Waals surface area contributed by atoms with Crippen LogP contribution < -0.4 is 11.1 Å². The molecule has 6 heteroatoms. The third kappa shape index (κ3) is 3.67. The highest BCUT2D eigenvalue weighted by atomic mass is 19.1. The normalized spacial score (nSPS) is 11.8. The monoisotopic (exact) mass is 267 g/mol. The van der Waals surface area contributed by atoms with Gasteiger partial charge in [0.15, 0.2) is 0 Å². The second kappa shape index (κ2) is 6.17. The van der Waals surface area contributed by atoms with Gasteiger partial charge in [0.05, 0.1) is 5.56 Å². The smallest absolute Gasteiger partial charge is 0.254 e. The van der Waals surface area contributed by atoms with Gasteiger partial charge in [-0.05, 0) is 32.0 Å². The summed E-state index contributed by atoms with van der Waals surface area (Å²) in [4.78, 5) is 25.2. The van der Waals surface area contributed by atoms with Crippen molar-refractivity contribution >= 4 is 17.5 Å². The van der Waals surface area contributed by atoms with Crippen molar-refractivity contribution in [1.82, 2.24) is 10.2 Å². The number of carbonyl (C=O) groups excluding carboxylic acids is 2. The second-order valence-electron chi connectivity index (χ2n) is 4.28. The van der Waals surface area contributed by atoms with E-state index in [-0.39, 0.29) is 17.2 Å². The Kier molecular flexibility index (Phi) is 4.86. The van der Waals surface area contributed by atoms with E-state index in [2.05, 4.69) is 5.32 Å². The molecule has 0 spiro atoms. The first-order chi connectivity index (χ1) is 8.86. The fourth-order valence-corrected chi connectivity index (χ4v) is 1.55. The maximum Gasteiger partial charge on any atom is 0.254 e. The summed E-state index contributed by atoms with van der Waals surface area (Å²) >= 11 is 0. The number of amides is 2. The minimum Gasteiger partial charge on any atom is -0.398 e. The van der Waals surface area contributed by atoms with E-state index < -0.39 is 17.8 Å². The molecular weight excluding hydrogens is 249 g/mol. The molecule has 0 aliphatic rings. The third-order valence-corrected chi connectivity index (χ3v) is 2.83. The first kappa shape index (κ1) is 14.9. The van der Waals surface area contributed by atoms with Crippen LogP contribution in [0, 0.1) is 5.82 Å². The standard InChI is InChI=1S/C13H18FN3O2/c1-4-17(3)13(19)8(2)16-12(18)10-7-9(14)5-6-11(10)15/h5-8H,4,15H2,1-3H3,(H,16,18). The Morgan fingerprint density at radius 3 is 2.68 bits per heavy atom. The molecule has 0 saturated carbocycles. The van der Waals surface area contributed by atoms with Gasteiger partial charge in [0.1, 0.15) is 11.9 Å². The van der Waals surface area contributed by atoms with Gasteiger partial charge in [-0.2, -0.15) is 0 Å². The zero-order chi connectivity index (χ0) is 14.6. The van der Waals surface area contributed by atoms with Crippen molar-refractivity contribution < 1.29 is 14.0 Å². The minimum absolute atomic E-state index is 0.0267. The largest absolute Gasteiger partial charge is 0.398 e. The van der Waals surface area contributed by atoms with Crippen LogP contribution in [-0.2, 0) is 4.79 Å². The predicted molar refractivity (Wildman–Crippen MR) is 71.1 cm³/mol. The Balaban J connectivity index is 2.80. The molecule has 0 aromatic heterocycles. The minimum atomic E-state index is -0.694. The Hall–Kier alpha value is -2.11. The molecule has 0 radical (unpaired) electrons. The molecule has 0 heterocycles. The van der Waals surface area contributed by atoms with Crippen molar-refractivity contribution in [2.75, 3.05) is 19.3 Å². The van der Waals surface area contributed by atoms with Crippen LogP contribution in [0.25, 0.3) is 0 Å². The van der Waals surface area contributed by atoms with Crippen LogP contribution in [-0.4, -0.2) is 36.3 Å². The van der Waals surface area contributed by atoms with Crippen LogP contribution in [0.1, 0.15) is 24.2 Å². The molecule has 2 amide bonds. The van der Waals surface area contributed by atoms with E-state index in [9.17, 15) is 14.0 Å². The zero-order valence-electron chi connectivity index (χ0n) is 11.2. The van der Waals surface area contributed by atoms with Crippen molar-refractivity contribution in [3.8, 4) is 0 Å². The van der Waals surface area contributed by atoms with Crippen molar-refractivity contribution in [1.29, 1.82) is 0 Å². The molecule has 0 aliphatic carbocycles. The first-order valence-corrected chi connectivity index (χ1v) is 5.97. The number of nitrogens with two attached hydrogens (primary N) is 1. The molecule has 0 aliphatic heterocycles. The molecule has 1 aromatic carbocycles. The van der Waals surface area contributed by atoms with Crippen molar-refractivity contribution in [2.24, 2.45) is 0 Å². The number of nitrogens with zero attached hydrogens (tertiary/aromatic N) is 1. The summed E-state index contributed by atoms with van der Waals surface area (Å²) in [6, 6.07) is 2.84. The number of anilines is 1. The molecule has 104 valence electrons. The maximum absolute atomic E-state index is 13.1. The highest BCUT2D eigenvalue weighted by molar-refractivity contribution is 6.01. The molecule has 1 atom stereocenters. The number of nitrogens with one attached hydrogen (secondary N) is 1. The predicted octanol–water partition coefficient (Wildman–Crippen LogP) is 1.00. The Morgan fingerprint density at radius 1 is 1.47 bits per heavy atom. The zero-order valence-corrected chi connectivity index (χ0v) is 11.2. The van der Waals surface area contributed by atoms with Crippen molar-refractivity contribution in [2.45, 2.75) is 19.9 Å². The van der Waals surface area contributed by atoms with Gasteiger partial charge in [0.2, 0.25) is 5.91 Å². The average Bonchev–Trinajstić information content (AvgIpc) is 2.39. The number of nitrogen functional groups attached to an aromatic ring is 1. The summed E-state index contributed by atoms with van der Waals surface area (Å²) < 4.78 is 13.1. The van der Waals surface area contributed by atoms with Gasteiger partial charge in [-0.25, -0.2) is 4.39 Å². The number of benzene rings is 1. The van der Waals surface area contributed by atoms with Crippen molar-refractivity contribution in [3.63, 3.8) is 0 Å². The molecule has 1 aromatic rings. The van der Waals surface area contributed by atoms with Crippen LogP contribution in [0.3, 0.4) is 0 Å². The van der Waals surface area contributed by atoms with Gasteiger partial charge in [-0.1, -0.05) is 0 Å². The molecule has 19 heavy (non-hydrogen) atoms. The Labute approximate surface area is 111 Å². The van der Waals surface area contributed by atoms with Gasteiger partial charge in [0, 0.05) is 19.3 Å².